The minimum atomic E-state index is -4.90. The van der Waals surface area contributed by atoms with Crippen molar-refractivity contribution >= 4 is 17.9 Å². The average molecular weight is 307 g/mol. The van der Waals surface area contributed by atoms with E-state index in [4.69, 9.17) is 0 Å². The van der Waals surface area contributed by atoms with E-state index in [-0.39, 0.29) is 11.9 Å². The summed E-state index contributed by atoms with van der Waals surface area (Å²) in [4.78, 5) is 0. The number of fused-ring (bicyclic) bond motifs is 1. The molecule has 0 unspecified atom stereocenters. The van der Waals surface area contributed by atoms with Crippen molar-refractivity contribution in [1.29, 1.82) is 0 Å². The molecule has 2 aromatic rings. The van der Waals surface area contributed by atoms with Crippen molar-refractivity contribution in [3.05, 3.63) is 30.0 Å². The standard InChI is InChI=1S/C12H10BF6N2/c14-12(15,16)6-21-11-3-7(1-2-8(11)5-20-21)9-4-10(9)13(17,18)19/h1-3,5,9-10H,4,6H2/q-1/t9-,10+/m1/s1. The van der Waals surface area contributed by atoms with Crippen molar-refractivity contribution in [3.63, 3.8) is 0 Å². The normalized spacial score (nSPS) is 22.8. The van der Waals surface area contributed by atoms with Gasteiger partial charge in [0, 0.05) is 5.39 Å². The minimum Gasteiger partial charge on any atom is -0.449 e. The molecule has 1 aromatic heterocycles. The monoisotopic (exact) mass is 307 g/mol. The van der Waals surface area contributed by atoms with Crippen LogP contribution in [0.5, 0.6) is 0 Å². The van der Waals surface area contributed by atoms with Crippen molar-refractivity contribution in [1.82, 2.24) is 9.78 Å². The molecule has 1 heterocycles. The number of hydrogen-bond donors (Lipinski definition) is 0. The Morgan fingerprint density at radius 3 is 2.52 bits per heavy atom. The van der Waals surface area contributed by atoms with Crippen LogP contribution in [0.25, 0.3) is 10.9 Å². The van der Waals surface area contributed by atoms with Gasteiger partial charge in [-0.25, -0.2) is 0 Å². The Labute approximate surface area is 115 Å². The number of nitrogens with zero attached hydrogens (tertiary/aromatic N) is 2. The van der Waals surface area contributed by atoms with Crippen molar-refractivity contribution < 1.29 is 26.1 Å². The SMILES string of the molecule is F[B-](F)(F)[C@H]1C[C@@H]1c1ccc2cnn(CC(F)(F)F)c2c1. The first-order valence-corrected chi connectivity index (χ1v) is 6.37. The zero-order valence-corrected chi connectivity index (χ0v) is 10.6. The first kappa shape index (κ1) is 14.3. The zero-order chi connectivity index (χ0) is 15.4. The van der Waals surface area contributed by atoms with Gasteiger partial charge in [-0.1, -0.05) is 24.4 Å². The summed E-state index contributed by atoms with van der Waals surface area (Å²) in [7, 11) is 0. The van der Waals surface area contributed by atoms with E-state index in [1.165, 1.54) is 24.4 Å². The smallest absolute Gasteiger partial charge is 0.449 e. The molecule has 1 fully saturated rings. The molecule has 0 N–H and O–H groups in total. The summed E-state index contributed by atoms with van der Waals surface area (Å²) in [5, 5.41) is 4.13. The van der Waals surface area contributed by atoms with Gasteiger partial charge in [0.05, 0.1) is 11.7 Å². The van der Waals surface area contributed by atoms with E-state index in [0.717, 1.165) is 4.68 Å². The van der Waals surface area contributed by atoms with Crippen LogP contribution in [0.3, 0.4) is 0 Å². The Hall–Kier alpha value is -1.67. The Bertz CT molecular complexity index is 674. The van der Waals surface area contributed by atoms with E-state index in [1.54, 1.807) is 0 Å². The molecule has 2 nitrogen and oxygen atoms in total. The lowest BCUT2D eigenvalue weighted by Gasteiger charge is -2.13. The molecule has 9 heteroatoms. The summed E-state index contributed by atoms with van der Waals surface area (Å²) < 4.78 is 75.9. The maximum Gasteiger partial charge on any atom is 0.481 e. The summed E-state index contributed by atoms with van der Waals surface area (Å²) in [5.41, 5.74) is 0.640. The third-order valence-electron chi connectivity index (χ3n) is 3.75. The molecule has 2 atom stereocenters. The molecule has 114 valence electrons. The number of rotatable bonds is 3. The number of hydrogen-bond acceptors (Lipinski definition) is 1. The molecule has 1 aromatic carbocycles. The number of benzene rings is 1. The van der Waals surface area contributed by atoms with Crippen LogP contribution in [0.2, 0.25) is 5.82 Å². The van der Waals surface area contributed by atoms with Gasteiger partial charge >= 0.3 is 13.2 Å². The largest absolute Gasteiger partial charge is 0.481 e. The summed E-state index contributed by atoms with van der Waals surface area (Å²) in [6.07, 6.45) is -3.13. The van der Waals surface area contributed by atoms with E-state index >= 15 is 0 Å². The fourth-order valence-corrected chi connectivity index (χ4v) is 2.63. The molecule has 0 bridgehead atoms. The molecule has 0 radical (unpaired) electrons. The molecule has 1 saturated carbocycles. The second-order valence-electron chi connectivity index (χ2n) is 5.37. The quantitative estimate of drug-likeness (QED) is 0.610. The zero-order valence-electron chi connectivity index (χ0n) is 10.6. The highest BCUT2D eigenvalue weighted by molar-refractivity contribution is 6.61. The third kappa shape index (κ3) is 2.86. The van der Waals surface area contributed by atoms with E-state index in [9.17, 15) is 26.1 Å². The van der Waals surface area contributed by atoms with Crippen LogP contribution >= 0.6 is 0 Å². The average Bonchev–Trinajstić information content (AvgIpc) is 3.06. The molecule has 21 heavy (non-hydrogen) atoms. The maximum absolute atomic E-state index is 12.6. The van der Waals surface area contributed by atoms with Crippen molar-refractivity contribution in [2.75, 3.05) is 0 Å². The molecule has 0 aliphatic heterocycles. The highest BCUT2D eigenvalue weighted by Gasteiger charge is 2.51. The van der Waals surface area contributed by atoms with Gasteiger partial charge in [0.25, 0.3) is 0 Å². The summed E-state index contributed by atoms with van der Waals surface area (Å²) in [6, 6.07) is 4.44. The van der Waals surface area contributed by atoms with Crippen LogP contribution in [0.15, 0.2) is 24.4 Å². The first-order valence-electron chi connectivity index (χ1n) is 6.37. The lowest BCUT2D eigenvalue weighted by Crippen LogP contribution is -2.18. The molecule has 1 aliphatic rings. The summed E-state index contributed by atoms with van der Waals surface area (Å²) in [6.45, 7) is -6.15. The molecular formula is C12H10BF6N2-. The van der Waals surface area contributed by atoms with Crippen LogP contribution in [-0.2, 0) is 6.54 Å². The fraction of sp³-hybridized carbons (Fsp3) is 0.417. The molecular weight excluding hydrogens is 297 g/mol. The van der Waals surface area contributed by atoms with Crippen LogP contribution in [0.1, 0.15) is 17.9 Å². The van der Waals surface area contributed by atoms with Gasteiger partial charge in [-0.2, -0.15) is 18.3 Å². The van der Waals surface area contributed by atoms with Gasteiger partial charge in [0.2, 0.25) is 0 Å². The molecule has 0 spiro atoms. The van der Waals surface area contributed by atoms with Crippen molar-refractivity contribution in [2.45, 2.75) is 30.9 Å². The van der Waals surface area contributed by atoms with Crippen LogP contribution in [-0.4, -0.2) is 22.9 Å². The van der Waals surface area contributed by atoms with Crippen LogP contribution in [0.4, 0.5) is 26.1 Å². The Morgan fingerprint density at radius 1 is 1.24 bits per heavy atom. The van der Waals surface area contributed by atoms with Crippen LogP contribution in [0, 0.1) is 0 Å². The highest BCUT2D eigenvalue weighted by atomic mass is 19.4. The van der Waals surface area contributed by atoms with Gasteiger partial charge in [0.1, 0.15) is 6.54 Å². The molecule has 0 saturated heterocycles. The molecule has 1 aliphatic carbocycles. The van der Waals surface area contributed by atoms with Crippen molar-refractivity contribution in [2.24, 2.45) is 0 Å². The lowest BCUT2D eigenvalue weighted by molar-refractivity contribution is -0.141. The van der Waals surface area contributed by atoms with Gasteiger partial charge in [-0.15, -0.1) is 0 Å². The topological polar surface area (TPSA) is 17.8 Å². The first-order chi connectivity index (χ1) is 9.65. The van der Waals surface area contributed by atoms with E-state index in [1.807, 2.05) is 0 Å². The Kier molecular flexibility index (Phi) is 3.00. The second kappa shape index (κ2) is 4.41. The van der Waals surface area contributed by atoms with Crippen LogP contribution < -0.4 is 0 Å². The lowest BCUT2D eigenvalue weighted by atomic mass is 9.81. The molecule has 0 amide bonds. The van der Waals surface area contributed by atoms with Gasteiger partial charge in [-0.05, 0) is 17.5 Å². The van der Waals surface area contributed by atoms with Gasteiger partial charge in [-0.3, -0.25) is 4.68 Å². The minimum absolute atomic E-state index is 0.0163. The number of alkyl halides is 3. The Morgan fingerprint density at radius 2 is 1.95 bits per heavy atom. The summed E-state index contributed by atoms with van der Waals surface area (Å²) in [5.74, 6) is -1.97. The van der Waals surface area contributed by atoms with Gasteiger partial charge < -0.3 is 12.9 Å². The van der Waals surface area contributed by atoms with Crippen molar-refractivity contribution in [3.8, 4) is 0 Å². The van der Waals surface area contributed by atoms with E-state index in [0.29, 0.717) is 10.9 Å². The Balaban J connectivity index is 1.91. The third-order valence-corrected chi connectivity index (χ3v) is 3.75. The molecule has 3 rings (SSSR count). The number of aromatic nitrogens is 2. The second-order valence-corrected chi connectivity index (χ2v) is 5.37. The predicted molar refractivity (Wildman–Crippen MR) is 66.0 cm³/mol. The van der Waals surface area contributed by atoms with E-state index in [2.05, 4.69) is 5.10 Å². The fourth-order valence-electron chi connectivity index (χ4n) is 2.63. The predicted octanol–water partition coefficient (Wildman–Crippen LogP) is 4.30. The van der Waals surface area contributed by atoms with Gasteiger partial charge in [0.15, 0.2) is 0 Å². The maximum atomic E-state index is 12.6. The highest BCUT2D eigenvalue weighted by Crippen LogP contribution is 2.59. The number of halogens is 6. The summed E-state index contributed by atoms with van der Waals surface area (Å²) >= 11 is 0. The van der Waals surface area contributed by atoms with E-state index < -0.39 is 31.4 Å².